The van der Waals surface area contributed by atoms with Crippen LogP contribution in [0, 0.1) is 0 Å². The van der Waals surface area contributed by atoms with E-state index in [4.69, 9.17) is 0 Å². The number of nitrogens with zero attached hydrogens (tertiary/aromatic N) is 2. The lowest BCUT2D eigenvalue weighted by molar-refractivity contribution is -0.124. The Hall–Kier alpha value is -2.63. The van der Waals surface area contributed by atoms with Crippen molar-refractivity contribution in [2.75, 3.05) is 5.32 Å². The maximum Gasteiger partial charge on any atom is 0.224 e. The Bertz CT molecular complexity index is 682. The van der Waals surface area contributed by atoms with Gasteiger partial charge >= 0.3 is 0 Å². The highest BCUT2D eigenvalue weighted by Crippen LogP contribution is 2.11. The fourth-order valence-electron chi connectivity index (χ4n) is 2.50. The zero-order chi connectivity index (χ0) is 18.1. The number of aryl methyl sites for hydroxylation is 2. The van der Waals surface area contributed by atoms with Gasteiger partial charge in [-0.2, -0.15) is 5.10 Å². The van der Waals surface area contributed by atoms with Crippen LogP contribution in [0.3, 0.4) is 0 Å². The largest absolute Gasteiger partial charge is 0.354 e. The predicted molar refractivity (Wildman–Crippen MR) is 98.1 cm³/mol. The molecular formula is C19H26N4O2. The summed E-state index contributed by atoms with van der Waals surface area (Å²) in [5.41, 5.74) is 1.94. The Morgan fingerprint density at radius 3 is 2.72 bits per heavy atom. The van der Waals surface area contributed by atoms with Crippen LogP contribution in [-0.4, -0.2) is 27.6 Å². The zero-order valence-electron chi connectivity index (χ0n) is 14.9. The third-order valence-corrected chi connectivity index (χ3v) is 3.96. The number of benzene rings is 1. The molecule has 0 aliphatic carbocycles. The summed E-state index contributed by atoms with van der Waals surface area (Å²) in [6, 6.07) is 9.67. The molecule has 0 spiro atoms. The number of amides is 2. The van der Waals surface area contributed by atoms with Crippen molar-refractivity contribution < 1.29 is 9.59 Å². The standard InChI is InChI=1S/C19H26N4O2/c1-3-16-6-4-7-17(14-16)22-19(25)9-8-18(24)21-15(2)10-13-23-12-5-11-20-23/h4-7,11-12,14-15H,3,8-10,13H2,1-2H3,(H,21,24)(H,22,25). The molecule has 1 heterocycles. The molecule has 0 aliphatic heterocycles. The van der Waals surface area contributed by atoms with E-state index in [-0.39, 0.29) is 30.7 Å². The summed E-state index contributed by atoms with van der Waals surface area (Å²) in [4.78, 5) is 23.9. The van der Waals surface area contributed by atoms with Crippen LogP contribution in [0.25, 0.3) is 0 Å². The average Bonchev–Trinajstić information content (AvgIpc) is 3.12. The molecule has 1 aromatic carbocycles. The minimum atomic E-state index is -0.146. The van der Waals surface area contributed by atoms with Crippen molar-refractivity contribution >= 4 is 17.5 Å². The van der Waals surface area contributed by atoms with Crippen molar-refractivity contribution in [3.05, 3.63) is 48.3 Å². The molecule has 0 fully saturated rings. The third kappa shape index (κ3) is 6.79. The fraction of sp³-hybridized carbons (Fsp3) is 0.421. The Labute approximate surface area is 148 Å². The van der Waals surface area contributed by atoms with Gasteiger partial charge in [-0.25, -0.2) is 0 Å². The number of aromatic nitrogens is 2. The van der Waals surface area contributed by atoms with E-state index < -0.39 is 0 Å². The number of hydrogen-bond acceptors (Lipinski definition) is 3. The first-order chi connectivity index (χ1) is 12.1. The molecule has 6 heteroatoms. The normalized spacial score (nSPS) is 11.8. The Morgan fingerprint density at radius 1 is 1.20 bits per heavy atom. The molecule has 2 amide bonds. The van der Waals surface area contributed by atoms with E-state index in [0.29, 0.717) is 0 Å². The van der Waals surface area contributed by atoms with Gasteiger partial charge in [0.1, 0.15) is 0 Å². The summed E-state index contributed by atoms with van der Waals surface area (Å²) in [5.74, 6) is -0.252. The second-order valence-electron chi connectivity index (χ2n) is 6.13. The SMILES string of the molecule is CCc1cccc(NC(=O)CCC(=O)NC(C)CCn2cccn2)c1. The third-order valence-electron chi connectivity index (χ3n) is 3.96. The van der Waals surface area contributed by atoms with Crippen LogP contribution < -0.4 is 10.6 Å². The number of anilines is 1. The average molecular weight is 342 g/mol. The van der Waals surface area contributed by atoms with Gasteiger partial charge in [-0.1, -0.05) is 19.1 Å². The van der Waals surface area contributed by atoms with Crippen molar-refractivity contribution in [1.29, 1.82) is 0 Å². The van der Waals surface area contributed by atoms with Crippen molar-refractivity contribution in [3.8, 4) is 0 Å². The van der Waals surface area contributed by atoms with E-state index in [0.717, 1.165) is 25.1 Å². The number of carbonyl (C=O) groups excluding carboxylic acids is 2. The van der Waals surface area contributed by atoms with E-state index in [1.807, 2.05) is 48.1 Å². The Morgan fingerprint density at radius 2 is 2.00 bits per heavy atom. The van der Waals surface area contributed by atoms with E-state index in [1.54, 1.807) is 6.20 Å². The summed E-state index contributed by atoms with van der Waals surface area (Å²) in [5, 5.41) is 9.89. The van der Waals surface area contributed by atoms with Crippen LogP contribution in [-0.2, 0) is 22.6 Å². The molecule has 0 radical (unpaired) electrons. The summed E-state index contributed by atoms with van der Waals surface area (Å²) >= 11 is 0. The van der Waals surface area contributed by atoms with Gasteiger partial charge in [0.2, 0.25) is 11.8 Å². The van der Waals surface area contributed by atoms with Gasteiger partial charge in [-0.15, -0.1) is 0 Å². The van der Waals surface area contributed by atoms with Gasteiger partial charge in [-0.05, 0) is 43.5 Å². The molecule has 1 atom stereocenters. The highest BCUT2D eigenvalue weighted by Gasteiger charge is 2.10. The molecule has 25 heavy (non-hydrogen) atoms. The fourth-order valence-corrected chi connectivity index (χ4v) is 2.50. The van der Waals surface area contributed by atoms with Crippen LogP contribution in [0.5, 0.6) is 0 Å². The molecule has 6 nitrogen and oxygen atoms in total. The Kier molecular flexibility index (Phi) is 7.19. The molecule has 1 unspecified atom stereocenters. The molecule has 2 rings (SSSR count). The maximum absolute atomic E-state index is 12.0. The smallest absolute Gasteiger partial charge is 0.224 e. The lowest BCUT2D eigenvalue weighted by Gasteiger charge is -2.14. The highest BCUT2D eigenvalue weighted by molar-refractivity contribution is 5.93. The zero-order valence-corrected chi connectivity index (χ0v) is 14.9. The van der Waals surface area contributed by atoms with Gasteiger partial charge in [0, 0.05) is 43.5 Å². The van der Waals surface area contributed by atoms with E-state index >= 15 is 0 Å². The lowest BCUT2D eigenvalue weighted by Crippen LogP contribution is -2.33. The molecule has 0 bridgehead atoms. The predicted octanol–water partition coefficient (Wildman–Crippen LogP) is 2.76. The second kappa shape index (κ2) is 9.61. The molecule has 2 N–H and O–H groups in total. The molecule has 0 saturated carbocycles. The molecule has 1 aromatic heterocycles. The number of rotatable bonds is 9. The molecule has 0 saturated heterocycles. The van der Waals surface area contributed by atoms with Gasteiger partial charge in [-0.3, -0.25) is 14.3 Å². The summed E-state index contributed by atoms with van der Waals surface area (Å²) in [6.07, 6.45) is 5.70. The maximum atomic E-state index is 12.0. The van der Waals surface area contributed by atoms with Gasteiger partial charge in [0.05, 0.1) is 0 Å². The van der Waals surface area contributed by atoms with Crippen LogP contribution in [0.15, 0.2) is 42.7 Å². The summed E-state index contributed by atoms with van der Waals surface area (Å²) in [7, 11) is 0. The van der Waals surface area contributed by atoms with E-state index in [9.17, 15) is 9.59 Å². The van der Waals surface area contributed by atoms with Gasteiger partial charge < -0.3 is 10.6 Å². The molecule has 0 aliphatic rings. The number of hydrogen-bond donors (Lipinski definition) is 2. The van der Waals surface area contributed by atoms with Crippen molar-refractivity contribution in [1.82, 2.24) is 15.1 Å². The summed E-state index contributed by atoms with van der Waals surface area (Å²) in [6.45, 7) is 4.78. The van der Waals surface area contributed by atoms with Crippen LogP contribution in [0.1, 0.15) is 38.7 Å². The van der Waals surface area contributed by atoms with Gasteiger partial charge in [0.15, 0.2) is 0 Å². The van der Waals surface area contributed by atoms with Gasteiger partial charge in [0.25, 0.3) is 0 Å². The first-order valence-corrected chi connectivity index (χ1v) is 8.72. The van der Waals surface area contributed by atoms with E-state index in [2.05, 4.69) is 22.7 Å². The monoisotopic (exact) mass is 342 g/mol. The van der Waals surface area contributed by atoms with Crippen molar-refractivity contribution in [3.63, 3.8) is 0 Å². The molecule has 2 aromatic rings. The minimum Gasteiger partial charge on any atom is -0.354 e. The van der Waals surface area contributed by atoms with Crippen molar-refractivity contribution in [2.45, 2.75) is 52.1 Å². The number of carbonyl (C=O) groups is 2. The van der Waals surface area contributed by atoms with E-state index in [1.165, 1.54) is 5.56 Å². The van der Waals surface area contributed by atoms with Crippen LogP contribution in [0.4, 0.5) is 5.69 Å². The highest BCUT2D eigenvalue weighted by atomic mass is 16.2. The topological polar surface area (TPSA) is 76.0 Å². The lowest BCUT2D eigenvalue weighted by atomic mass is 10.1. The van der Waals surface area contributed by atoms with Crippen molar-refractivity contribution in [2.24, 2.45) is 0 Å². The van der Waals surface area contributed by atoms with Crippen LogP contribution >= 0.6 is 0 Å². The first-order valence-electron chi connectivity index (χ1n) is 8.72. The first kappa shape index (κ1) is 18.7. The minimum absolute atomic E-state index is 0.0426. The quantitative estimate of drug-likeness (QED) is 0.736. The Balaban J connectivity index is 1.67. The number of nitrogens with one attached hydrogen (secondary N) is 2. The molecule has 134 valence electrons. The second-order valence-corrected chi connectivity index (χ2v) is 6.13. The summed E-state index contributed by atoms with van der Waals surface area (Å²) < 4.78 is 1.83. The van der Waals surface area contributed by atoms with Crippen LogP contribution in [0.2, 0.25) is 0 Å². The molecular weight excluding hydrogens is 316 g/mol.